The molecule has 38 heavy (non-hydrogen) atoms. The molecule has 0 saturated heterocycles. The zero-order chi connectivity index (χ0) is 26.6. The van der Waals surface area contributed by atoms with Crippen LogP contribution in [-0.4, -0.2) is 50.7 Å². The van der Waals surface area contributed by atoms with Crippen molar-refractivity contribution in [1.29, 1.82) is 0 Å². The summed E-state index contributed by atoms with van der Waals surface area (Å²) < 4.78 is 14.6. The first-order valence-electron chi connectivity index (χ1n) is 12.7. The highest BCUT2D eigenvalue weighted by Gasteiger charge is 2.14. The average Bonchev–Trinajstić information content (AvgIpc) is 3.52. The minimum atomic E-state index is -0.282. The third-order valence-electron chi connectivity index (χ3n) is 6.64. The lowest BCUT2D eigenvalue weighted by molar-refractivity contribution is 0.400. The summed E-state index contributed by atoms with van der Waals surface area (Å²) in [5.41, 5.74) is 6.64. The van der Waals surface area contributed by atoms with Crippen LogP contribution in [0.2, 0.25) is 0 Å². The van der Waals surface area contributed by atoms with Gasteiger partial charge in [0.15, 0.2) is 0 Å². The first-order chi connectivity index (χ1) is 18.4. The number of nitrogens with zero attached hydrogens (tertiary/aromatic N) is 4. The van der Waals surface area contributed by atoms with Gasteiger partial charge < -0.3 is 9.88 Å². The second-order valence-electron chi connectivity index (χ2n) is 9.66. The Labute approximate surface area is 221 Å². The highest BCUT2D eigenvalue weighted by molar-refractivity contribution is 5.97. The van der Waals surface area contributed by atoms with E-state index < -0.39 is 0 Å². The Morgan fingerprint density at radius 2 is 1.87 bits per heavy atom. The van der Waals surface area contributed by atoms with E-state index in [-0.39, 0.29) is 5.82 Å². The zero-order valence-corrected chi connectivity index (χ0v) is 21.9. The fraction of sp³-hybridized carbons (Fsp3) is 0.194. The van der Waals surface area contributed by atoms with Gasteiger partial charge in [0.05, 0.1) is 22.8 Å². The molecule has 5 rings (SSSR count). The van der Waals surface area contributed by atoms with Crippen molar-refractivity contribution in [3.63, 3.8) is 0 Å². The van der Waals surface area contributed by atoms with Crippen molar-refractivity contribution in [1.82, 2.24) is 30.0 Å². The second-order valence-corrected chi connectivity index (χ2v) is 9.66. The van der Waals surface area contributed by atoms with Crippen molar-refractivity contribution in [2.75, 3.05) is 20.6 Å². The van der Waals surface area contributed by atoms with Gasteiger partial charge in [0.1, 0.15) is 11.5 Å². The van der Waals surface area contributed by atoms with Gasteiger partial charge in [0, 0.05) is 40.3 Å². The van der Waals surface area contributed by atoms with E-state index >= 15 is 0 Å². The molecule has 0 amide bonds. The van der Waals surface area contributed by atoms with Gasteiger partial charge >= 0.3 is 0 Å². The molecule has 5 aromatic rings. The van der Waals surface area contributed by atoms with E-state index in [4.69, 9.17) is 0 Å². The maximum absolute atomic E-state index is 14.6. The van der Waals surface area contributed by atoms with Crippen LogP contribution >= 0.6 is 0 Å². The van der Waals surface area contributed by atoms with Crippen LogP contribution in [0.4, 0.5) is 4.39 Å². The Balaban J connectivity index is 1.54. The van der Waals surface area contributed by atoms with Crippen LogP contribution in [0.15, 0.2) is 67.8 Å². The van der Waals surface area contributed by atoms with Gasteiger partial charge in [-0.05, 0) is 81.4 Å². The first-order valence-corrected chi connectivity index (χ1v) is 12.7. The maximum Gasteiger partial charge on any atom is 0.131 e. The molecule has 0 radical (unpaired) electrons. The zero-order valence-electron chi connectivity index (χ0n) is 21.9. The van der Waals surface area contributed by atoms with E-state index in [2.05, 4.69) is 56.8 Å². The quantitative estimate of drug-likeness (QED) is 0.313. The fourth-order valence-electron chi connectivity index (χ4n) is 4.67. The molecule has 0 unspecified atom stereocenters. The monoisotopic (exact) mass is 506 g/mol. The predicted molar refractivity (Wildman–Crippen MR) is 153 cm³/mol. The molecule has 192 valence electrons. The summed E-state index contributed by atoms with van der Waals surface area (Å²) in [6, 6.07) is 10.9. The van der Waals surface area contributed by atoms with Crippen molar-refractivity contribution in [2.24, 2.45) is 0 Å². The first kappa shape index (κ1) is 25.3. The maximum atomic E-state index is 14.6. The number of halogens is 1. The molecule has 4 aromatic heterocycles. The highest BCUT2D eigenvalue weighted by Crippen LogP contribution is 2.31. The summed E-state index contributed by atoms with van der Waals surface area (Å²) in [7, 11) is 4.17. The number of rotatable bonds is 8. The number of benzene rings is 1. The smallest absolute Gasteiger partial charge is 0.131 e. The van der Waals surface area contributed by atoms with E-state index in [1.807, 2.05) is 43.6 Å². The summed E-state index contributed by atoms with van der Waals surface area (Å²) in [4.78, 5) is 14.4. The molecule has 2 N–H and O–H groups in total. The molecular weight excluding hydrogens is 475 g/mol. The summed E-state index contributed by atoms with van der Waals surface area (Å²) in [6.45, 7) is 7.34. The molecule has 0 spiro atoms. The van der Waals surface area contributed by atoms with E-state index in [1.165, 1.54) is 11.6 Å². The Morgan fingerprint density at radius 3 is 2.66 bits per heavy atom. The molecule has 0 bridgehead atoms. The van der Waals surface area contributed by atoms with E-state index in [1.54, 1.807) is 24.5 Å². The Hall–Kier alpha value is -4.36. The number of hydrogen-bond acceptors (Lipinski definition) is 4. The topological polar surface area (TPSA) is 73.5 Å². The minimum Gasteiger partial charge on any atom is -0.352 e. The van der Waals surface area contributed by atoms with Crippen LogP contribution in [0.25, 0.3) is 51.1 Å². The lowest BCUT2D eigenvalue weighted by Gasteiger charge is -2.09. The van der Waals surface area contributed by atoms with Gasteiger partial charge in [-0.2, -0.15) is 5.10 Å². The third-order valence-corrected chi connectivity index (χ3v) is 6.64. The molecule has 4 heterocycles. The number of pyridine rings is 2. The summed E-state index contributed by atoms with van der Waals surface area (Å²) >= 11 is 0. The molecule has 7 heteroatoms. The van der Waals surface area contributed by atoms with Crippen LogP contribution in [0.1, 0.15) is 24.5 Å². The molecule has 0 saturated carbocycles. The largest absolute Gasteiger partial charge is 0.352 e. The molecule has 6 nitrogen and oxygen atoms in total. The van der Waals surface area contributed by atoms with Crippen LogP contribution in [0, 0.1) is 5.82 Å². The standard InChI is InChI=1S/C31H31FN6/c1-5-28-25(13-20(2)22-14-21(16-33-17-22)9-8-12-38(3)4)31(37-36-28)29-15-24-26(18-34-19-30(24)35-29)23-10-6-7-11-27(23)32/h5-7,10-11,13-19,35-36H,2,8-9,12H2,1,3-4H3/b25-13+,28-5+. The van der Waals surface area contributed by atoms with Gasteiger partial charge in [-0.15, -0.1) is 0 Å². The van der Waals surface area contributed by atoms with Crippen LogP contribution in [0.3, 0.4) is 0 Å². The molecule has 0 aliphatic heterocycles. The molecular formula is C31H31FN6. The van der Waals surface area contributed by atoms with Gasteiger partial charge in [-0.3, -0.25) is 15.1 Å². The van der Waals surface area contributed by atoms with Crippen molar-refractivity contribution in [3.05, 3.63) is 95.3 Å². The van der Waals surface area contributed by atoms with E-state index in [0.29, 0.717) is 5.56 Å². The number of aryl methyl sites for hydroxylation is 1. The number of nitrogens with one attached hydrogen (secondary N) is 2. The molecule has 0 aliphatic rings. The summed E-state index contributed by atoms with van der Waals surface area (Å²) in [5, 5.41) is 10.4. The average molecular weight is 507 g/mol. The molecule has 1 aromatic carbocycles. The second kappa shape index (κ2) is 10.9. The highest BCUT2D eigenvalue weighted by atomic mass is 19.1. The van der Waals surface area contributed by atoms with Gasteiger partial charge in [0.25, 0.3) is 0 Å². The number of allylic oxidation sites excluding steroid dienone is 1. The van der Waals surface area contributed by atoms with E-state index in [9.17, 15) is 4.39 Å². The Morgan fingerprint density at radius 1 is 1.05 bits per heavy atom. The van der Waals surface area contributed by atoms with Crippen LogP contribution in [0.5, 0.6) is 0 Å². The Bertz CT molecular complexity index is 1730. The normalized spacial score (nSPS) is 12.7. The predicted octanol–water partition coefficient (Wildman–Crippen LogP) is 4.94. The van der Waals surface area contributed by atoms with Crippen molar-refractivity contribution in [2.45, 2.75) is 19.8 Å². The SMILES string of the molecule is C=C(/C=c1/c(-c2cc3c(-c4ccccc4F)cncc3[nH]2)n[nH]/c1=C/C)c1cncc(CCCN(C)C)c1. The van der Waals surface area contributed by atoms with Gasteiger partial charge in [0.2, 0.25) is 0 Å². The summed E-state index contributed by atoms with van der Waals surface area (Å²) in [5.74, 6) is -0.282. The van der Waals surface area contributed by atoms with Crippen LogP contribution < -0.4 is 10.6 Å². The van der Waals surface area contributed by atoms with E-state index in [0.717, 1.165) is 68.9 Å². The van der Waals surface area contributed by atoms with Crippen LogP contribution in [-0.2, 0) is 6.42 Å². The number of fused-ring (bicyclic) bond motifs is 1. The van der Waals surface area contributed by atoms with Crippen molar-refractivity contribution < 1.29 is 4.39 Å². The lowest BCUT2D eigenvalue weighted by Crippen LogP contribution is -2.23. The lowest BCUT2D eigenvalue weighted by atomic mass is 10.0. The van der Waals surface area contributed by atoms with Crippen molar-refractivity contribution >= 4 is 28.6 Å². The molecule has 0 atom stereocenters. The van der Waals surface area contributed by atoms with Gasteiger partial charge in [-0.25, -0.2) is 4.39 Å². The number of aromatic nitrogens is 5. The number of hydrogen-bond donors (Lipinski definition) is 2. The van der Waals surface area contributed by atoms with Crippen molar-refractivity contribution in [3.8, 4) is 22.5 Å². The number of H-pyrrole nitrogens is 2. The minimum absolute atomic E-state index is 0.282. The molecule has 0 aliphatic carbocycles. The molecule has 0 fully saturated rings. The fourth-order valence-corrected chi connectivity index (χ4v) is 4.67. The van der Waals surface area contributed by atoms with Gasteiger partial charge in [-0.1, -0.05) is 30.9 Å². The Kier molecular flexibility index (Phi) is 7.29. The third kappa shape index (κ3) is 5.19. The number of aromatic amines is 2. The summed E-state index contributed by atoms with van der Waals surface area (Å²) in [6.07, 6.45) is 13.3.